The van der Waals surface area contributed by atoms with Crippen molar-refractivity contribution in [2.45, 2.75) is 32.0 Å². The lowest BCUT2D eigenvalue weighted by Gasteiger charge is -2.21. The van der Waals surface area contributed by atoms with E-state index < -0.39 is 54.8 Å². The number of fused-ring (bicyclic) bond motifs is 3. The number of hydrogen-bond acceptors (Lipinski definition) is 3. The van der Waals surface area contributed by atoms with Crippen molar-refractivity contribution in [2.24, 2.45) is 0 Å². The third kappa shape index (κ3) is 5.90. The highest BCUT2D eigenvalue weighted by atomic mass is 35.5. The van der Waals surface area contributed by atoms with Gasteiger partial charge in [-0.05, 0) is 42.5 Å². The maximum absolute atomic E-state index is 14.3. The summed E-state index contributed by atoms with van der Waals surface area (Å²) in [5, 5.41) is 14.3. The Hall–Kier alpha value is -4.33. The lowest BCUT2D eigenvalue weighted by Crippen LogP contribution is -2.26. The molecule has 1 aliphatic heterocycles. The molecule has 3 N–H and O–H groups in total. The number of hydrogen-bond donors (Lipinski definition) is 3. The van der Waals surface area contributed by atoms with Crippen molar-refractivity contribution in [2.75, 3.05) is 12.5 Å². The van der Waals surface area contributed by atoms with Gasteiger partial charge in [-0.2, -0.15) is 13.2 Å². The van der Waals surface area contributed by atoms with Gasteiger partial charge in [0.15, 0.2) is 6.80 Å². The highest BCUT2D eigenvalue weighted by Gasteiger charge is 2.36. The maximum Gasteiger partial charge on any atom is 0.416 e. The molecule has 0 saturated carbocycles. The molecule has 1 unspecified atom stereocenters. The smallest absolute Gasteiger partial charge is 0.374 e. The van der Waals surface area contributed by atoms with E-state index >= 15 is 0 Å². The van der Waals surface area contributed by atoms with Crippen LogP contribution in [0.5, 0.6) is 0 Å². The molecule has 1 aliphatic rings. The predicted molar refractivity (Wildman–Crippen MR) is 149 cm³/mol. The zero-order valence-corrected chi connectivity index (χ0v) is 23.5. The van der Waals surface area contributed by atoms with Crippen molar-refractivity contribution in [3.63, 3.8) is 0 Å². The van der Waals surface area contributed by atoms with Crippen molar-refractivity contribution < 1.29 is 39.5 Å². The Labute approximate surface area is 249 Å². The molecular formula is C29H23ClF9N5. The molecule has 4 aromatic rings. The van der Waals surface area contributed by atoms with Crippen LogP contribution in [-0.2, 0) is 19.5 Å². The lowest BCUT2D eigenvalue weighted by atomic mass is 9.94. The Kier molecular flexibility index (Phi) is 9.14. The average Bonchev–Trinajstić information content (AvgIpc) is 3.43. The maximum atomic E-state index is 14.3. The number of imidazole rings is 1. The summed E-state index contributed by atoms with van der Waals surface area (Å²) >= 11 is 6.38. The van der Waals surface area contributed by atoms with Gasteiger partial charge < -0.3 is 15.2 Å². The van der Waals surface area contributed by atoms with E-state index in [2.05, 4.69) is 23.8 Å². The van der Waals surface area contributed by atoms with Gasteiger partial charge in [0.05, 0.1) is 36.4 Å². The van der Waals surface area contributed by atoms with Crippen molar-refractivity contribution in [1.29, 1.82) is 5.41 Å². The molecular weight excluding hydrogens is 625 g/mol. The van der Waals surface area contributed by atoms with Crippen molar-refractivity contribution in [3.05, 3.63) is 106 Å². The fourth-order valence-corrected chi connectivity index (χ4v) is 5.34. The molecule has 5 rings (SSSR count). The Morgan fingerprint density at radius 2 is 1.75 bits per heavy atom. The molecule has 15 heteroatoms. The van der Waals surface area contributed by atoms with Crippen LogP contribution in [0.4, 0.5) is 45.2 Å². The van der Waals surface area contributed by atoms with E-state index in [0.29, 0.717) is 19.3 Å². The van der Waals surface area contributed by atoms with Crippen molar-refractivity contribution in [1.82, 2.24) is 14.5 Å². The van der Waals surface area contributed by atoms with Crippen LogP contribution in [0.25, 0.3) is 22.4 Å². The molecule has 2 heterocycles. The summed E-state index contributed by atoms with van der Waals surface area (Å²) in [6.07, 6.45) is -7.79. The van der Waals surface area contributed by atoms with Crippen LogP contribution in [0.3, 0.4) is 0 Å². The molecule has 0 radical (unpaired) electrons. The number of alkyl halides is 7. The van der Waals surface area contributed by atoms with Crippen LogP contribution < -0.4 is 16.3 Å². The first-order valence-corrected chi connectivity index (χ1v) is 12.9. The van der Waals surface area contributed by atoms with E-state index in [-0.39, 0.29) is 55.4 Å². The van der Waals surface area contributed by atoms with Crippen LogP contribution in [0.15, 0.2) is 55.6 Å². The standard InChI is InChI=1S/C28H20ClF8N5.CH3F/c1-12(14-5-15(28(35,36)37)7-17(32)6-14)39-20-9-21-26(42(11-30)27(38)41(21)10-22(33)34)23-13(2)40-25(24(20)23)18-8-16(31)3-4-19(18)29;1-2/h3-9,22,25,38-40H,1-2,10-11H2;1H3. The third-order valence-electron chi connectivity index (χ3n) is 6.87. The average molecular weight is 648 g/mol. The van der Waals surface area contributed by atoms with Gasteiger partial charge in [-0.15, -0.1) is 0 Å². The second-order valence-corrected chi connectivity index (χ2v) is 9.91. The van der Waals surface area contributed by atoms with Crippen LogP contribution >= 0.6 is 11.6 Å². The van der Waals surface area contributed by atoms with Gasteiger partial charge in [-0.3, -0.25) is 14.4 Å². The van der Waals surface area contributed by atoms with Crippen LogP contribution in [0.2, 0.25) is 5.02 Å². The van der Waals surface area contributed by atoms with Gasteiger partial charge >= 0.3 is 6.18 Å². The second-order valence-electron chi connectivity index (χ2n) is 9.51. The van der Waals surface area contributed by atoms with Crippen molar-refractivity contribution >= 4 is 39.7 Å². The molecule has 0 aliphatic carbocycles. The Bertz CT molecular complexity index is 1820. The molecule has 0 bridgehead atoms. The number of anilines is 1. The Morgan fingerprint density at radius 3 is 2.36 bits per heavy atom. The van der Waals surface area contributed by atoms with E-state index in [4.69, 9.17) is 17.0 Å². The van der Waals surface area contributed by atoms with Crippen LogP contribution in [-0.4, -0.2) is 22.7 Å². The molecule has 0 fully saturated rings. The van der Waals surface area contributed by atoms with E-state index in [9.17, 15) is 39.5 Å². The van der Waals surface area contributed by atoms with Crippen LogP contribution in [0, 0.1) is 17.0 Å². The zero-order chi connectivity index (χ0) is 32.7. The molecule has 0 amide bonds. The van der Waals surface area contributed by atoms with E-state index in [0.717, 1.165) is 27.3 Å². The number of benzene rings is 3. The fourth-order valence-electron chi connectivity index (χ4n) is 5.12. The summed E-state index contributed by atoms with van der Waals surface area (Å²) in [6.45, 7) is 5.46. The topological polar surface area (TPSA) is 57.8 Å². The number of nitrogens with one attached hydrogen (secondary N) is 3. The second kappa shape index (κ2) is 12.3. The summed E-state index contributed by atoms with van der Waals surface area (Å²) < 4.78 is 121. The van der Waals surface area contributed by atoms with Gasteiger partial charge in [0.1, 0.15) is 11.6 Å². The largest absolute Gasteiger partial charge is 0.416 e. The first-order chi connectivity index (χ1) is 20.7. The summed E-state index contributed by atoms with van der Waals surface area (Å²) in [7, 11) is 0.500. The SMILES string of the molecule is C=C(Nc1cc2c(c3c1C(c1cc(F)ccc1Cl)NC3=C)n(CF)c(=N)n2CC(F)F)c1cc(F)cc(C(F)(F)F)c1.CF. The quantitative estimate of drug-likeness (QED) is 0.177. The summed E-state index contributed by atoms with van der Waals surface area (Å²) in [5.41, 5.74) is -1.54. The van der Waals surface area contributed by atoms with Crippen molar-refractivity contribution in [3.8, 4) is 0 Å². The monoisotopic (exact) mass is 647 g/mol. The van der Waals surface area contributed by atoms with E-state index in [1.807, 2.05) is 0 Å². The molecule has 1 atom stereocenters. The van der Waals surface area contributed by atoms with E-state index in [1.54, 1.807) is 0 Å². The Morgan fingerprint density at radius 1 is 1.07 bits per heavy atom. The number of rotatable bonds is 7. The number of nitrogens with zero attached hydrogens (tertiary/aromatic N) is 2. The summed E-state index contributed by atoms with van der Waals surface area (Å²) in [5.74, 6) is -1.83. The fraction of sp³-hybridized carbons (Fsp3) is 0.207. The van der Waals surface area contributed by atoms with Gasteiger partial charge in [-0.25, -0.2) is 22.0 Å². The van der Waals surface area contributed by atoms with Gasteiger partial charge in [0.25, 0.3) is 6.43 Å². The summed E-state index contributed by atoms with van der Waals surface area (Å²) in [6, 6.07) is 5.69. The summed E-state index contributed by atoms with van der Waals surface area (Å²) in [4.78, 5) is 0. The number of aromatic nitrogens is 2. The number of halogens is 10. The highest BCUT2D eigenvalue weighted by Crippen LogP contribution is 2.47. The molecule has 0 spiro atoms. The molecule has 234 valence electrons. The van der Waals surface area contributed by atoms with E-state index in [1.165, 1.54) is 12.1 Å². The Balaban J connectivity index is 0.00000216. The molecule has 1 aromatic heterocycles. The molecule has 0 saturated heterocycles. The minimum Gasteiger partial charge on any atom is -0.374 e. The first kappa shape index (κ1) is 32.6. The third-order valence-corrected chi connectivity index (χ3v) is 7.21. The van der Waals surface area contributed by atoms with Gasteiger partial charge in [-0.1, -0.05) is 24.8 Å². The molecule has 5 nitrogen and oxygen atoms in total. The van der Waals surface area contributed by atoms with Gasteiger partial charge in [0.2, 0.25) is 5.62 Å². The van der Waals surface area contributed by atoms with Crippen LogP contribution in [0.1, 0.15) is 33.9 Å². The first-order valence-electron chi connectivity index (χ1n) is 12.5. The molecule has 44 heavy (non-hydrogen) atoms. The minimum absolute atomic E-state index is 0.0203. The highest BCUT2D eigenvalue weighted by molar-refractivity contribution is 6.31. The van der Waals surface area contributed by atoms with Gasteiger partial charge in [0, 0.05) is 44.4 Å². The minimum atomic E-state index is -4.86. The predicted octanol–water partition coefficient (Wildman–Crippen LogP) is 8.40. The lowest BCUT2D eigenvalue weighted by molar-refractivity contribution is -0.137. The molecule has 3 aromatic carbocycles. The zero-order valence-electron chi connectivity index (χ0n) is 22.7. The normalized spacial score (nSPS) is 14.4.